The first-order chi connectivity index (χ1) is 12.7. The van der Waals surface area contributed by atoms with Gasteiger partial charge in [0, 0.05) is 26.1 Å². The fourth-order valence-electron chi connectivity index (χ4n) is 4.02. The highest BCUT2D eigenvalue weighted by Gasteiger charge is 2.27. The Labute approximate surface area is 156 Å². The smallest absolute Gasteiger partial charge is 0.242 e. The van der Waals surface area contributed by atoms with E-state index in [0.717, 1.165) is 57.5 Å². The normalized spacial score (nSPS) is 21.0. The lowest BCUT2D eigenvalue weighted by Gasteiger charge is -2.35. The second-order valence-electron chi connectivity index (χ2n) is 7.51. The highest BCUT2D eigenvalue weighted by atomic mass is 16.5. The molecule has 5 heteroatoms. The molecule has 1 aromatic carbocycles. The molecule has 0 saturated carbocycles. The first-order valence-corrected chi connectivity index (χ1v) is 9.84. The predicted molar refractivity (Wildman–Crippen MR) is 101 cm³/mol. The van der Waals surface area contributed by atoms with Gasteiger partial charge in [-0.05, 0) is 62.1 Å². The van der Waals surface area contributed by atoms with Crippen LogP contribution in [-0.2, 0) is 16.0 Å². The lowest BCUT2D eigenvalue weighted by Crippen LogP contribution is -2.47. The average Bonchev–Trinajstić information content (AvgIpc) is 2.68. The Bertz CT molecular complexity index is 631. The van der Waals surface area contributed by atoms with Crippen molar-refractivity contribution in [3.05, 3.63) is 29.8 Å². The van der Waals surface area contributed by atoms with Gasteiger partial charge in [0.1, 0.15) is 5.75 Å². The first-order valence-electron chi connectivity index (χ1n) is 9.84. The number of hydrogen-bond acceptors (Lipinski definition) is 3. The van der Waals surface area contributed by atoms with Crippen LogP contribution in [0.25, 0.3) is 0 Å². The van der Waals surface area contributed by atoms with E-state index >= 15 is 0 Å². The monoisotopic (exact) mass is 358 g/mol. The number of carbonyl (C=O) groups is 2. The molecule has 0 unspecified atom stereocenters. The first kappa shape index (κ1) is 18.7. The van der Waals surface area contributed by atoms with Gasteiger partial charge in [-0.1, -0.05) is 12.1 Å². The second-order valence-corrected chi connectivity index (χ2v) is 7.51. The summed E-state index contributed by atoms with van der Waals surface area (Å²) in [6.07, 6.45) is 6.89. The maximum atomic E-state index is 12.6. The maximum Gasteiger partial charge on any atom is 0.242 e. The molecule has 2 heterocycles. The lowest BCUT2D eigenvalue weighted by atomic mass is 9.91. The molecule has 5 nitrogen and oxygen atoms in total. The van der Waals surface area contributed by atoms with Gasteiger partial charge in [0.15, 0.2) is 0 Å². The number of ether oxygens (including phenoxy) is 1. The molecule has 1 atom stereocenters. The molecule has 142 valence electrons. The van der Waals surface area contributed by atoms with E-state index in [4.69, 9.17) is 4.74 Å². The summed E-state index contributed by atoms with van der Waals surface area (Å²) in [6, 6.07) is 8.22. The number of likely N-dealkylation sites (tertiary alicyclic amines) is 2. The molecule has 0 radical (unpaired) electrons. The number of nitrogens with zero attached hydrogens (tertiary/aromatic N) is 2. The highest BCUT2D eigenvalue weighted by molar-refractivity contribution is 5.85. The Hall–Kier alpha value is -2.04. The molecule has 26 heavy (non-hydrogen) atoms. The zero-order valence-electron chi connectivity index (χ0n) is 15.8. The minimum Gasteiger partial charge on any atom is -0.497 e. The maximum absolute atomic E-state index is 12.6. The Morgan fingerprint density at radius 1 is 1.23 bits per heavy atom. The van der Waals surface area contributed by atoms with Gasteiger partial charge < -0.3 is 14.5 Å². The zero-order valence-corrected chi connectivity index (χ0v) is 15.8. The lowest BCUT2D eigenvalue weighted by molar-refractivity contribution is -0.142. The molecular weight excluding hydrogens is 328 g/mol. The standard InChI is InChI=1S/C21H30N2O3/c1-26-19-8-4-6-17(14-19)10-11-18-7-5-13-22(15-18)21(25)16-23-12-3-2-9-20(23)24/h4,6,8,14,18H,2-3,5,7,9-13,15-16H2,1H3/t18-/m0/s1. The topological polar surface area (TPSA) is 49.9 Å². The van der Waals surface area contributed by atoms with Crippen LogP contribution in [0.5, 0.6) is 5.75 Å². The van der Waals surface area contributed by atoms with Gasteiger partial charge >= 0.3 is 0 Å². The van der Waals surface area contributed by atoms with Crippen molar-refractivity contribution in [1.29, 1.82) is 0 Å². The number of benzene rings is 1. The quantitative estimate of drug-likeness (QED) is 0.786. The van der Waals surface area contributed by atoms with Gasteiger partial charge in [-0.2, -0.15) is 0 Å². The Morgan fingerprint density at radius 3 is 2.92 bits per heavy atom. The summed E-state index contributed by atoms with van der Waals surface area (Å²) in [5.74, 6) is 1.69. The molecule has 2 saturated heterocycles. The molecule has 3 rings (SSSR count). The summed E-state index contributed by atoms with van der Waals surface area (Å²) in [7, 11) is 1.69. The molecule has 0 spiro atoms. The van der Waals surface area contributed by atoms with Gasteiger partial charge in [0.05, 0.1) is 13.7 Å². The van der Waals surface area contributed by atoms with Crippen molar-refractivity contribution in [1.82, 2.24) is 9.80 Å². The van der Waals surface area contributed by atoms with Gasteiger partial charge in [0.2, 0.25) is 11.8 Å². The van der Waals surface area contributed by atoms with Crippen LogP contribution >= 0.6 is 0 Å². The molecule has 0 bridgehead atoms. The molecule has 1 aromatic rings. The van der Waals surface area contributed by atoms with E-state index in [1.807, 2.05) is 17.0 Å². The number of carbonyl (C=O) groups excluding carboxylic acids is 2. The molecule has 0 aliphatic carbocycles. The van der Waals surface area contributed by atoms with Crippen molar-refractivity contribution in [3.8, 4) is 5.75 Å². The number of piperidine rings is 2. The summed E-state index contributed by atoms with van der Waals surface area (Å²) < 4.78 is 5.29. The van der Waals surface area contributed by atoms with Crippen molar-refractivity contribution in [2.75, 3.05) is 33.3 Å². The van der Waals surface area contributed by atoms with Crippen LogP contribution in [0.1, 0.15) is 44.1 Å². The van der Waals surface area contributed by atoms with Crippen LogP contribution in [0, 0.1) is 5.92 Å². The third-order valence-corrected chi connectivity index (χ3v) is 5.59. The van der Waals surface area contributed by atoms with Crippen LogP contribution < -0.4 is 4.74 Å². The van der Waals surface area contributed by atoms with Crippen LogP contribution in [0.4, 0.5) is 0 Å². The van der Waals surface area contributed by atoms with E-state index in [2.05, 4.69) is 12.1 Å². The molecule has 2 fully saturated rings. The zero-order chi connectivity index (χ0) is 18.4. The summed E-state index contributed by atoms with van der Waals surface area (Å²) in [5.41, 5.74) is 1.28. The molecule has 2 amide bonds. The summed E-state index contributed by atoms with van der Waals surface area (Å²) >= 11 is 0. The van der Waals surface area contributed by atoms with Gasteiger partial charge in [-0.3, -0.25) is 9.59 Å². The number of aryl methyl sites for hydroxylation is 1. The number of methoxy groups -OCH3 is 1. The third kappa shape index (κ3) is 4.99. The van der Waals surface area contributed by atoms with Crippen LogP contribution in [0.2, 0.25) is 0 Å². The van der Waals surface area contributed by atoms with E-state index in [9.17, 15) is 9.59 Å². The van der Waals surface area contributed by atoms with E-state index in [1.165, 1.54) is 12.0 Å². The van der Waals surface area contributed by atoms with Gasteiger partial charge in [0.25, 0.3) is 0 Å². The van der Waals surface area contributed by atoms with Crippen LogP contribution in [0.3, 0.4) is 0 Å². The summed E-state index contributed by atoms with van der Waals surface area (Å²) in [6.45, 7) is 2.65. The number of hydrogen-bond donors (Lipinski definition) is 0. The molecule has 0 aromatic heterocycles. The van der Waals surface area contributed by atoms with E-state index < -0.39 is 0 Å². The van der Waals surface area contributed by atoms with Crippen molar-refractivity contribution in [2.24, 2.45) is 5.92 Å². The molecule has 2 aliphatic rings. The van der Waals surface area contributed by atoms with Crippen LogP contribution in [-0.4, -0.2) is 54.9 Å². The Morgan fingerprint density at radius 2 is 2.12 bits per heavy atom. The molecular formula is C21H30N2O3. The third-order valence-electron chi connectivity index (χ3n) is 5.59. The molecule has 2 aliphatic heterocycles. The minimum atomic E-state index is 0.117. The summed E-state index contributed by atoms with van der Waals surface area (Å²) in [5, 5.41) is 0. The number of amides is 2. The second kappa shape index (κ2) is 9.06. The van der Waals surface area contributed by atoms with Crippen molar-refractivity contribution < 1.29 is 14.3 Å². The van der Waals surface area contributed by atoms with Crippen molar-refractivity contribution in [3.63, 3.8) is 0 Å². The Kier molecular flexibility index (Phi) is 6.53. The highest BCUT2D eigenvalue weighted by Crippen LogP contribution is 2.23. The van der Waals surface area contributed by atoms with Crippen LogP contribution in [0.15, 0.2) is 24.3 Å². The Balaban J connectivity index is 1.48. The largest absolute Gasteiger partial charge is 0.497 e. The van der Waals surface area contributed by atoms with Gasteiger partial charge in [-0.15, -0.1) is 0 Å². The minimum absolute atomic E-state index is 0.117. The van der Waals surface area contributed by atoms with E-state index in [1.54, 1.807) is 12.0 Å². The van der Waals surface area contributed by atoms with E-state index in [0.29, 0.717) is 12.3 Å². The SMILES string of the molecule is COc1cccc(CC[C@@H]2CCCN(C(=O)CN3CCCCC3=O)C2)c1. The fourth-order valence-corrected chi connectivity index (χ4v) is 4.02. The summed E-state index contributed by atoms with van der Waals surface area (Å²) in [4.78, 5) is 28.3. The molecule has 0 N–H and O–H groups in total. The van der Waals surface area contributed by atoms with E-state index in [-0.39, 0.29) is 18.4 Å². The predicted octanol–water partition coefficient (Wildman–Crippen LogP) is 2.88. The average molecular weight is 358 g/mol. The van der Waals surface area contributed by atoms with Gasteiger partial charge in [-0.25, -0.2) is 0 Å². The van der Waals surface area contributed by atoms with Crippen molar-refractivity contribution in [2.45, 2.75) is 44.9 Å². The fraction of sp³-hybridized carbons (Fsp3) is 0.619. The number of rotatable bonds is 6. The van der Waals surface area contributed by atoms with Crippen molar-refractivity contribution >= 4 is 11.8 Å².